The Hall–Kier alpha value is -2.83. The van der Waals surface area contributed by atoms with Gasteiger partial charge >= 0.3 is 0 Å². The minimum atomic E-state index is -0.204. The van der Waals surface area contributed by atoms with Crippen molar-refractivity contribution in [2.45, 2.75) is 20.8 Å². The molecule has 2 aromatic rings. The van der Waals surface area contributed by atoms with Crippen LogP contribution in [0.2, 0.25) is 0 Å². The number of carbonyl (C=O) groups excluding carboxylic acids is 2. The van der Waals surface area contributed by atoms with Gasteiger partial charge < -0.3 is 15.3 Å². The lowest BCUT2D eigenvalue weighted by molar-refractivity contribution is 0.0774. The largest absolute Gasteiger partial charge is 0.508 e. The number of H-pyrrole nitrogens is 1. The second kappa shape index (κ2) is 7.83. The molecule has 0 bridgehead atoms. The maximum Gasteiger partial charge on any atom is 0.269 e. The van der Waals surface area contributed by atoms with Gasteiger partial charge in [-0.15, -0.1) is 0 Å². The highest BCUT2D eigenvalue weighted by atomic mass is 16.3. The summed E-state index contributed by atoms with van der Waals surface area (Å²) in [4.78, 5) is 26.1. The van der Waals surface area contributed by atoms with Gasteiger partial charge in [0.15, 0.2) is 0 Å². The number of amides is 2. The number of hydrogen-bond acceptors (Lipinski definition) is 4. The highest BCUT2D eigenvalue weighted by Gasteiger charge is 2.17. The molecule has 7 heteroatoms. The molecule has 0 aliphatic heterocycles. The summed E-state index contributed by atoms with van der Waals surface area (Å²) in [6, 6.07) is 4.79. The lowest BCUT2D eigenvalue weighted by atomic mass is 10.1. The predicted octanol–water partition coefficient (Wildman–Crippen LogP) is 1.87. The molecule has 0 spiro atoms. The fourth-order valence-electron chi connectivity index (χ4n) is 2.56. The second-order valence-corrected chi connectivity index (χ2v) is 6.43. The number of aromatic nitrogens is 2. The van der Waals surface area contributed by atoms with E-state index in [0.29, 0.717) is 29.9 Å². The predicted molar refractivity (Wildman–Crippen MR) is 94.6 cm³/mol. The Balaban J connectivity index is 1.87. The van der Waals surface area contributed by atoms with E-state index >= 15 is 0 Å². The normalized spacial score (nSPS) is 11.8. The van der Waals surface area contributed by atoms with Crippen molar-refractivity contribution in [3.63, 3.8) is 0 Å². The molecule has 0 aliphatic carbocycles. The molecule has 7 nitrogen and oxygen atoms in total. The molecule has 1 unspecified atom stereocenters. The van der Waals surface area contributed by atoms with E-state index < -0.39 is 0 Å². The monoisotopic (exact) mass is 344 g/mol. The van der Waals surface area contributed by atoms with Crippen LogP contribution < -0.4 is 5.32 Å². The van der Waals surface area contributed by atoms with Crippen molar-refractivity contribution in [3.8, 4) is 5.75 Å². The molecule has 3 N–H and O–H groups in total. The number of carbonyl (C=O) groups is 2. The molecule has 0 fully saturated rings. The first-order chi connectivity index (χ1) is 11.8. The fourth-order valence-corrected chi connectivity index (χ4v) is 2.56. The van der Waals surface area contributed by atoms with Gasteiger partial charge in [-0.2, -0.15) is 5.10 Å². The number of rotatable bonds is 6. The summed E-state index contributed by atoms with van der Waals surface area (Å²) in [5.74, 6) is -0.0700. The Morgan fingerprint density at radius 1 is 1.32 bits per heavy atom. The average molecular weight is 344 g/mol. The van der Waals surface area contributed by atoms with Crippen molar-refractivity contribution in [1.29, 1.82) is 0 Å². The highest BCUT2D eigenvalue weighted by Crippen LogP contribution is 2.18. The number of nitrogens with one attached hydrogen (secondary N) is 2. The van der Waals surface area contributed by atoms with Crippen LogP contribution in [0.5, 0.6) is 5.75 Å². The van der Waals surface area contributed by atoms with Gasteiger partial charge in [-0.25, -0.2) is 0 Å². The maximum absolute atomic E-state index is 12.5. The third-order valence-corrected chi connectivity index (χ3v) is 4.04. The van der Waals surface area contributed by atoms with E-state index in [1.54, 1.807) is 37.2 Å². The van der Waals surface area contributed by atoms with Gasteiger partial charge in [0.05, 0.1) is 6.20 Å². The third-order valence-electron chi connectivity index (χ3n) is 4.04. The van der Waals surface area contributed by atoms with Crippen LogP contribution >= 0.6 is 0 Å². The molecule has 2 rings (SSSR count). The Morgan fingerprint density at radius 3 is 2.64 bits per heavy atom. The van der Waals surface area contributed by atoms with Crippen LogP contribution in [-0.2, 0) is 0 Å². The van der Waals surface area contributed by atoms with Crippen LogP contribution in [0.15, 0.2) is 24.4 Å². The standard InChI is InChI=1S/C18H24N4O3/c1-11(8-19-17(24)16-13(3)9-20-21-16)10-22(4)18(25)14-5-6-15(23)12(2)7-14/h5-7,9,11,23H,8,10H2,1-4H3,(H,19,24)(H,20,21). The molecule has 1 atom stereocenters. The molecule has 25 heavy (non-hydrogen) atoms. The molecular formula is C18H24N4O3. The van der Waals surface area contributed by atoms with E-state index in [-0.39, 0.29) is 23.5 Å². The quantitative estimate of drug-likeness (QED) is 0.745. The van der Waals surface area contributed by atoms with Crippen molar-refractivity contribution < 1.29 is 14.7 Å². The van der Waals surface area contributed by atoms with Crippen LogP contribution in [0.4, 0.5) is 0 Å². The first-order valence-corrected chi connectivity index (χ1v) is 8.12. The topological polar surface area (TPSA) is 98.3 Å². The van der Waals surface area contributed by atoms with Gasteiger partial charge in [-0.3, -0.25) is 14.7 Å². The summed E-state index contributed by atoms with van der Waals surface area (Å²) in [7, 11) is 1.72. The molecule has 1 heterocycles. The summed E-state index contributed by atoms with van der Waals surface area (Å²) < 4.78 is 0. The molecule has 0 radical (unpaired) electrons. The molecule has 134 valence electrons. The lowest BCUT2D eigenvalue weighted by Gasteiger charge is -2.22. The van der Waals surface area contributed by atoms with Crippen molar-refractivity contribution >= 4 is 11.8 Å². The van der Waals surface area contributed by atoms with Gasteiger partial charge in [0.25, 0.3) is 11.8 Å². The number of aromatic hydroxyl groups is 1. The molecule has 2 amide bonds. The lowest BCUT2D eigenvalue weighted by Crippen LogP contribution is -2.37. The third kappa shape index (κ3) is 4.59. The van der Waals surface area contributed by atoms with Gasteiger partial charge in [0.2, 0.25) is 0 Å². The number of phenolic OH excluding ortho intramolecular Hbond substituents is 1. The van der Waals surface area contributed by atoms with Crippen LogP contribution in [0.3, 0.4) is 0 Å². The minimum Gasteiger partial charge on any atom is -0.508 e. The summed E-state index contributed by atoms with van der Waals surface area (Å²) in [5, 5.41) is 18.9. The Kier molecular flexibility index (Phi) is 5.80. The van der Waals surface area contributed by atoms with Crippen LogP contribution in [0, 0.1) is 19.8 Å². The number of nitrogens with zero attached hydrogens (tertiary/aromatic N) is 2. The van der Waals surface area contributed by atoms with Crippen molar-refractivity contribution in [2.24, 2.45) is 5.92 Å². The van der Waals surface area contributed by atoms with Gasteiger partial charge in [0, 0.05) is 25.7 Å². The zero-order valence-electron chi connectivity index (χ0n) is 15.0. The number of aromatic amines is 1. The average Bonchev–Trinajstić information content (AvgIpc) is 3.00. The Morgan fingerprint density at radius 2 is 2.04 bits per heavy atom. The maximum atomic E-state index is 12.5. The second-order valence-electron chi connectivity index (χ2n) is 6.43. The smallest absolute Gasteiger partial charge is 0.269 e. The molecule has 0 aliphatic rings. The number of hydrogen-bond donors (Lipinski definition) is 3. The minimum absolute atomic E-state index is 0.0827. The van der Waals surface area contributed by atoms with E-state index in [9.17, 15) is 14.7 Å². The molecular weight excluding hydrogens is 320 g/mol. The summed E-state index contributed by atoms with van der Waals surface area (Å²) >= 11 is 0. The van der Waals surface area contributed by atoms with E-state index in [4.69, 9.17) is 0 Å². The summed E-state index contributed by atoms with van der Waals surface area (Å²) in [6.07, 6.45) is 1.60. The van der Waals surface area contributed by atoms with Crippen molar-refractivity contribution in [3.05, 3.63) is 46.8 Å². The number of aryl methyl sites for hydroxylation is 2. The summed E-state index contributed by atoms with van der Waals surface area (Å²) in [6.45, 7) is 6.48. The fraction of sp³-hybridized carbons (Fsp3) is 0.389. The zero-order chi connectivity index (χ0) is 18.6. The Labute approximate surface area is 147 Å². The number of benzene rings is 1. The summed E-state index contributed by atoms with van der Waals surface area (Å²) in [5.41, 5.74) is 2.44. The Bertz CT molecular complexity index is 769. The van der Waals surface area contributed by atoms with Crippen LogP contribution in [-0.4, -0.2) is 52.2 Å². The van der Waals surface area contributed by atoms with Gasteiger partial charge in [-0.1, -0.05) is 6.92 Å². The highest BCUT2D eigenvalue weighted by molar-refractivity contribution is 5.94. The van der Waals surface area contributed by atoms with Crippen molar-refractivity contribution in [1.82, 2.24) is 20.4 Å². The van der Waals surface area contributed by atoms with Crippen LogP contribution in [0.25, 0.3) is 0 Å². The van der Waals surface area contributed by atoms with Gasteiger partial charge in [0.1, 0.15) is 11.4 Å². The van der Waals surface area contributed by atoms with E-state index in [0.717, 1.165) is 5.56 Å². The van der Waals surface area contributed by atoms with E-state index in [1.807, 2.05) is 13.8 Å². The molecule has 0 saturated heterocycles. The van der Waals surface area contributed by atoms with Gasteiger partial charge in [-0.05, 0) is 49.1 Å². The van der Waals surface area contributed by atoms with E-state index in [1.165, 1.54) is 6.07 Å². The molecule has 0 saturated carbocycles. The molecule has 1 aromatic carbocycles. The molecule has 1 aromatic heterocycles. The first-order valence-electron chi connectivity index (χ1n) is 8.12. The van der Waals surface area contributed by atoms with E-state index in [2.05, 4.69) is 15.5 Å². The zero-order valence-corrected chi connectivity index (χ0v) is 15.0. The van der Waals surface area contributed by atoms with Crippen molar-refractivity contribution in [2.75, 3.05) is 20.1 Å². The van der Waals surface area contributed by atoms with Crippen LogP contribution in [0.1, 0.15) is 38.9 Å². The number of phenols is 1. The SMILES string of the molecule is Cc1cc(C(=O)N(C)CC(C)CNC(=O)c2[nH]ncc2C)ccc1O. The first kappa shape index (κ1) is 18.5.